The third-order valence-corrected chi connectivity index (χ3v) is 4.18. The summed E-state index contributed by atoms with van der Waals surface area (Å²) in [5.74, 6) is -0.373. The second kappa shape index (κ2) is 5.25. The van der Waals surface area contributed by atoms with Crippen molar-refractivity contribution in [2.75, 3.05) is 6.54 Å². The minimum absolute atomic E-state index is 0.373. The third-order valence-electron chi connectivity index (χ3n) is 4.18. The van der Waals surface area contributed by atoms with Crippen LogP contribution in [0.4, 0.5) is 0 Å². The summed E-state index contributed by atoms with van der Waals surface area (Å²) in [7, 11) is 1.89. The van der Waals surface area contributed by atoms with Crippen molar-refractivity contribution in [1.29, 1.82) is 0 Å². The second-order valence-corrected chi connectivity index (χ2v) is 5.29. The maximum Gasteiger partial charge on any atom is 0.244 e. The lowest BCUT2D eigenvalue weighted by Gasteiger charge is -2.34. The number of rotatable bonds is 4. The van der Waals surface area contributed by atoms with Gasteiger partial charge >= 0.3 is 0 Å². The fourth-order valence-corrected chi connectivity index (χ4v) is 3.05. The van der Waals surface area contributed by atoms with Crippen LogP contribution in [0.1, 0.15) is 24.2 Å². The van der Waals surface area contributed by atoms with Gasteiger partial charge in [-0.1, -0.05) is 0 Å². The van der Waals surface area contributed by atoms with Gasteiger partial charge in [0.1, 0.15) is 5.54 Å². The molecule has 3 heterocycles. The number of carbonyl (C=O) groups excluding carboxylic acids is 1. The molecular formula is C14H18N6O. The molecule has 1 unspecified atom stereocenters. The van der Waals surface area contributed by atoms with Crippen molar-refractivity contribution in [3.05, 3.63) is 42.2 Å². The van der Waals surface area contributed by atoms with Gasteiger partial charge < -0.3 is 5.73 Å². The predicted molar refractivity (Wildman–Crippen MR) is 75.8 cm³/mol. The Balaban J connectivity index is 1.99. The zero-order chi connectivity index (χ0) is 14.9. The number of likely N-dealkylation sites (tertiary alicyclic amines) is 1. The van der Waals surface area contributed by atoms with Crippen LogP contribution in [0.3, 0.4) is 0 Å². The number of carbonyl (C=O) groups is 1. The maximum absolute atomic E-state index is 12.2. The lowest BCUT2D eigenvalue weighted by molar-refractivity contribution is -0.129. The van der Waals surface area contributed by atoms with Gasteiger partial charge in [-0.15, -0.1) is 0 Å². The number of hydrogen-bond acceptors (Lipinski definition) is 5. The average molecular weight is 286 g/mol. The van der Waals surface area contributed by atoms with E-state index in [-0.39, 0.29) is 5.91 Å². The predicted octanol–water partition coefficient (Wildman–Crippen LogP) is 0.187. The van der Waals surface area contributed by atoms with Crippen molar-refractivity contribution in [2.24, 2.45) is 12.8 Å². The van der Waals surface area contributed by atoms with Crippen LogP contribution in [0, 0.1) is 0 Å². The topological polar surface area (TPSA) is 89.9 Å². The number of aromatic nitrogens is 4. The van der Waals surface area contributed by atoms with Gasteiger partial charge in [-0.25, -0.2) is 0 Å². The van der Waals surface area contributed by atoms with E-state index in [4.69, 9.17) is 5.73 Å². The van der Waals surface area contributed by atoms with Crippen LogP contribution in [0.25, 0.3) is 0 Å². The Bertz CT molecular complexity index is 640. The Morgan fingerprint density at radius 2 is 2.29 bits per heavy atom. The molecule has 2 aromatic rings. The first kappa shape index (κ1) is 13.7. The summed E-state index contributed by atoms with van der Waals surface area (Å²) in [4.78, 5) is 22.7. The van der Waals surface area contributed by atoms with Crippen LogP contribution in [-0.2, 0) is 23.9 Å². The zero-order valence-electron chi connectivity index (χ0n) is 11.9. The van der Waals surface area contributed by atoms with Gasteiger partial charge in [0.05, 0.1) is 17.6 Å². The summed E-state index contributed by atoms with van der Waals surface area (Å²) in [6, 6.07) is 1.95. The van der Waals surface area contributed by atoms with Crippen LogP contribution in [0.15, 0.2) is 30.9 Å². The van der Waals surface area contributed by atoms with Crippen molar-refractivity contribution in [2.45, 2.75) is 24.9 Å². The molecule has 7 heteroatoms. The molecule has 0 aromatic carbocycles. The van der Waals surface area contributed by atoms with Crippen molar-refractivity contribution in [3.8, 4) is 0 Å². The number of aryl methyl sites for hydroxylation is 1. The molecular weight excluding hydrogens is 268 g/mol. The number of amides is 1. The molecule has 2 N–H and O–H groups in total. The summed E-state index contributed by atoms with van der Waals surface area (Å²) in [5.41, 5.74) is 6.53. The van der Waals surface area contributed by atoms with Crippen LogP contribution in [0.5, 0.6) is 0 Å². The van der Waals surface area contributed by atoms with Gasteiger partial charge in [0.2, 0.25) is 5.91 Å². The summed E-state index contributed by atoms with van der Waals surface area (Å²) < 4.78 is 1.81. The molecule has 0 spiro atoms. The van der Waals surface area contributed by atoms with E-state index in [9.17, 15) is 4.79 Å². The first-order valence-electron chi connectivity index (χ1n) is 6.93. The lowest BCUT2D eigenvalue weighted by Crippen LogP contribution is -2.51. The molecule has 1 atom stereocenters. The first-order valence-corrected chi connectivity index (χ1v) is 6.93. The van der Waals surface area contributed by atoms with Crippen LogP contribution >= 0.6 is 0 Å². The SMILES string of the molecule is Cn1nccc1CN1CCCC1(C(N)=O)c1cnccn1. The number of nitrogens with zero attached hydrogens (tertiary/aromatic N) is 5. The Hall–Kier alpha value is -2.28. The average Bonchev–Trinajstić information content (AvgIpc) is 3.08. The third kappa shape index (κ3) is 2.19. The van der Waals surface area contributed by atoms with Crippen LogP contribution in [0.2, 0.25) is 0 Å². The smallest absolute Gasteiger partial charge is 0.244 e. The molecule has 21 heavy (non-hydrogen) atoms. The Morgan fingerprint density at radius 3 is 2.90 bits per heavy atom. The quantitative estimate of drug-likeness (QED) is 0.866. The molecule has 0 saturated carbocycles. The minimum Gasteiger partial charge on any atom is -0.368 e. The van der Waals surface area contributed by atoms with E-state index in [0.29, 0.717) is 18.7 Å². The highest BCUT2D eigenvalue weighted by atomic mass is 16.1. The monoisotopic (exact) mass is 286 g/mol. The normalized spacial score (nSPS) is 22.5. The number of hydrogen-bond donors (Lipinski definition) is 1. The van der Waals surface area contributed by atoms with Gasteiger partial charge in [0.25, 0.3) is 0 Å². The summed E-state index contributed by atoms with van der Waals surface area (Å²) in [6.45, 7) is 1.40. The van der Waals surface area contributed by atoms with E-state index in [1.165, 1.54) is 0 Å². The zero-order valence-corrected chi connectivity index (χ0v) is 11.9. The fourth-order valence-electron chi connectivity index (χ4n) is 3.05. The van der Waals surface area contributed by atoms with Crippen molar-refractivity contribution in [1.82, 2.24) is 24.6 Å². The Kier molecular flexibility index (Phi) is 3.42. The number of primary amides is 1. The van der Waals surface area contributed by atoms with E-state index in [1.54, 1.807) is 29.5 Å². The second-order valence-electron chi connectivity index (χ2n) is 5.29. The van der Waals surface area contributed by atoms with Crippen LogP contribution < -0.4 is 5.73 Å². The van der Waals surface area contributed by atoms with Gasteiger partial charge in [-0.05, 0) is 18.9 Å². The van der Waals surface area contributed by atoms with Gasteiger partial charge in [0, 0.05) is 38.7 Å². The highest BCUT2D eigenvalue weighted by Gasteiger charge is 2.49. The first-order chi connectivity index (χ1) is 10.1. The van der Waals surface area contributed by atoms with Crippen molar-refractivity contribution in [3.63, 3.8) is 0 Å². The molecule has 7 nitrogen and oxygen atoms in total. The molecule has 1 fully saturated rings. The van der Waals surface area contributed by atoms with E-state index < -0.39 is 5.54 Å². The fraction of sp³-hybridized carbons (Fsp3) is 0.429. The summed E-state index contributed by atoms with van der Waals surface area (Å²) in [6.07, 6.45) is 8.14. The van der Waals surface area contributed by atoms with Crippen LogP contribution in [-0.4, -0.2) is 37.1 Å². The number of nitrogens with two attached hydrogens (primary N) is 1. The minimum atomic E-state index is -0.876. The molecule has 1 saturated heterocycles. The van der Waals surface area contributed by atoms with Crippen molar-refractivity contribution < 1.29 is 4.79 Å². The molecule has 2 aromatic heterocycles. The molecule has 0 radical (unpaired) electrons. The molecule has 1 aliphatic rings. The molecule has 110 valence electrons. The Morgan fingerprint density at radius 1 is 1.43 bits per heavy atom. The maximum atomic E-state index is 12.2. The molecule has 1 aliphatic heterocycles. The van der Waals surface area contributed by atoms with Gasteiger partial charge in [-0.2, -0.15) is 5.10 Å². The van der Waals surface area contributed by atoms with E-state index in [1.807, 2.05) is 13.1 Å². The molecule has 0 bridgehead atoms. The van der Waals surface area contributed by atoms with E-state index in [0.717, 1.165) is 18.7 Å². The standard InChI is InChI=1S/C14H18N6O/c1-19-11(3-5-18-19)10-20-8-2-4-14(20,13(15)21)12-9-16-6-7-17-12/h3,5-7,9H,2,4,8,10H2,1H3,(H2,15,21). The molecule has 3 rings (SSSR count). The molecule has 1 amide bonds. The highest BCUT2D eigenvalue weighted by molar-refractivity contribution is 5.86. The largest absolute Gasteiger partial charge is 0.368 e. The molecule has 0 aliphatic carbocycles. The van der Waals surface area contributed by atoms with Crippen molar-refractivity contribution >= 4 is 5.91 Å². The van der Waals surface area contributed by atoms with Gasteiger partial charge in [-0.3, -0.25) is 24.3 Å². The van der Waals surface area contributed by atoms with E-state index >= 15 is 0 Å². The highest BCUT2D eigenvalue weighted by Crippen LogP contribution is 2.38. The summed E-state index contributed by atoms with van der Waals surface area (Å²) >= 11 is 0. The Labute approximate surface area is 122 Å². The summed E-state index contributed by atoms with van der Waals surface area (Å²) in [5, 5.41) is 4.17. The van der Waals surface area contributed by atoms with E-state index in [2.05, 4.69) is 20.0 Å². The lowest BCUT2D eigenvalue weighted by atomic mass is 9.91. The van der Waals surface area contributed by atoms with Gasteiger partial charge in [0.15, 0.2) is 0 Å².